The normalized spacial score (nSPS) is 10.8. The van der Waals surface area contributed by atoms with Crippen LogP contribution in [0.5, 0.6) is 0 Å². The number of anilines is 1. The van der Waals surface area contributed by atoms with Crippen molar-refractivity contribution in [1.29, 1.82) is 0 Å². The molecule has 1 aromatic carbocycles. The lowest BCUT2D eigenvalue weighted by Crippen LogP contribution is -2.14. The molecule has 0 fully saturated rings. The lowest BCUT2D eigenvalue weighted by molar-refractivity contribution is 0.0561. The number of carbonyl (C=O) groups excluding carboxylic acids is 1. The van der Waals surface area contributed by atoms with Crippen LogP contribution < -0.4 is 5.32 Å². The van der Waals surface area contributed by atoms with Gasteiger partial charge in [-0.15, -0.1) is 0 Å². The highest BCUT2D eigenvalue weighted by molar-refractivity contribution is 6.31. The number of rotatable bonds is 3. The molecule has 0 unspecified atom stereocenters. The second-order valence-corrected chi connectivity index (χ2v) is 4.31. The average Bonchev–Trinajstić information content (AvgIpc) is 2.83. The molecule has 19 heavy (non-hydrogen) atoms. The molecule has 0 aliphatic rings. The topological polar surface area (TPSA) is 46.9 Å². The summed E-state index contributed by atoms with van der Waals surface area (Å²) in [5, 5.41) is 6.53. The van der Waals surface area contributed by atoms with Crippen LogP contribution in [0.4, 0.5) is 14.5 Å². The van der Waals surface area contributed by atoms with Crippen molar-refractivity contribution in [3.63, 3.8) is 0 Å². The van der Waals surface area contributed by atoms with E-state index in [9.17, 15) is 13.6 Å². The third kappa shape index (κ3) is 3.08. The largest absolute Gasteiger partial charge is 0.333 e. The summed E-state index contributed by atoms with van der Waals surface area (Å²) in [6.45, 7) is -0.974. The summed E-state index contributed by atoms with van der Waals surface area (Å²) in [5.41, 5.74) is 1.25. The first-order chi connectivity index (χ1) is 8.97. The minimum atomic E-state index is -2.77. The maximum absolute atomic E-state index is 12.3. The summed E-state index contributed by atoms with van der Waals surface area (Å²) in [6.07, 6.45) is 1.05. The van der Waals surface area contributed by atoms with Crippen LogP contribution in [0, 0.1) is 6.92 Å². The number of aryl methyl sites for hydroxylation is 1. The Bertz CT molecular complexity index is 613. The molecule has 0 atom stereocenters. The van der Waals surface area contributed by atoms with Gasteiger partial charge in [-0.1, -0.05) is 17.7 Å². The molecule has 0 saturated heterocycles. The van der Waals surface area contributed by atoms with E-state index >= 15 is 0 Å². The SMILES string of the molecule is Cc1ccc(Cl)cc1NC(=O)c1ccn(C(F)F)n1. The number of amides is 1. The van der Waals surface area contributed by atoms with Gasteiger partial charge in [0.2, 0.25) is 0 Å². The van der Waals surface area contributed by atoms with Crippen LogP contribution in [0.1, 0.15) is 22.6 Å². The number of hydrogen-bond donors (Lipinski definition) is 1. The number of aromatic nitrogens is 2. The summed E-state index contributed by atoms with van der Waals surface area (Å²) in [5.74, 6) is -0.565. The molecule has 1 heterocycles. The van der Waals surface area contributed by atoms with Gasteiger partial charge in [0.15, 0.2) is 5.69 Å². The Morgan fingerprint density at radius 1 is 1.42 bits per heavy atom. The van der Waals surface area contributed by atoms with Gasteiger partial charge in [-0.2, -0.15) is 13.9 Å². The first kappa shape index (κ1) is 13.5. The standard InChI is InChI=1S/C12H10ClF2N3O/c1-7-2-3-8(13)6-10(7)16-11(19)9-4-5-18(17-9)12(14)15/h2-6,12H,1H3,(H,16,19). The van der Waals surface area contributed by atoms with Crippen molar-refractivity contribution in [3.05, 3.63) is 46.7 Å². The molecule has 2 rings (SSSR count). The Morgan fingerprint density at radius 2 is 2.16 bits per heavy atom. The molecule has 1 aromatic heterocycles. The van der Waals surface area contributed by atoms with E-state index in [1.54, 1.807) is 25.1 Å². The smallest absolute Gasteiger partial charge is 0.320 e. The molecule has 100 valence electrons. The quantitative estimate of drug-likeness (QED) is 0.938. The van der Waals surface area contributed by atoms with Gasteiger partial charge in [0.1, 0.15) is 0 Å². The maximum atomic E-state index is 12.3. The fourth-order valence-corrected chi connectivity index (χ4v) is 1.66. The van der Waals surface area contributed by atoms with Crippen LogP contribution in [0.2, 0.25) is 5.02 Å². The van der Waals surface area contributed by atoms with Crippen LogP contribution in [-0.4, -0.2) is 15.7 Å². The van der Waals surface area contributed by atoms with Crippen LogP contribution in [-0.2, 0) is 0 Å². The predicted octanol–water partition coefficient (Wildman–Crippen LogP) is 3.49. The van der Waals surface area contributed by atoms with Gasteiger partial charge >= 0.3 is 6.55 Å². The predicted molar refractivity (Wildman–Crippen MR) is 67.6 cm³/mol. The number of halogens is 3. The number of carbonyl (C=O) groups is 1. The van der Waals surface area contributed by atoms with Gasteiger partial charge in [0, 0.05) is 16.9 Å². The molecular formula is C12H10ClF2N3O. The zero-order valence-corrected chi connectivity index (χ0v) is 10.7. The van der Waals surface area contributed by atoms with Crippen LogP contribution in [0.3, 0.4) is 0 Å². The molecule has 4 nitrogen and oxygen atoms in total. The minimum absolute atomic E-state index is 0.0836. The highest BCUT2D eigenvalue weighted by Crippen LogP contribution is 2.20. The van der Waals surface area contributed by atoms with Crippen molar-refractivity contribution >= 4 is 23.2 Å². The molecule has 1 amide bonds. The number of nitrogens with one attached hydrogen (secondary N) is 1. The van der Waals surface area contributed by atoms with Crippen molar-refractivity contribution in [1.82, 2.24) is 9.78 Å². The second-order valence-electron chi connectivity index (χ2n) is 3.87. The van der Waals surface area contributed by atoms with Crippen LogP contribution in [0.15, 0.2) is 30.5 Å². The fourth-order valence-electron chi connectivity index (χ4n) is 1.48. The Labute approximate surface area is 113 Å². The first-order valence-electron chi connectivity index (χ1n) is 5.38. The summed E-state index contributed by atoms with van der Waals surface area (Å²) in [6, 6.07) is 6.24. The highest BCUT2D eigenvalue weighted by atomic mass is 35.5. The Balaban J connectivity index is 2.18. The molecule has 0 saturated carbocycles. The van der Waals surface area contributed by atoms with Crippen molar-refractivity contribution in [3.8, 4) is 0 Å². The Hall–Kier alpha value is -1.95. The maximum Gasteiger partial charge on any atom is 0.333 e. The van der Waals surface area contributed by atoms with E-state index < -0.39 is 12.5 Å². The molecule has 0 radical (unpaired) electrons. The summed E-state index contributed by atoms with van der Waals surface area (Å²) < 4.78 is 25.1. The second kappa shape index (κ2) is 5.36. The Morgan fingerprint density at radius 3 is 2.79 bits per heavy atom. The summed E-state index contributed by atoms with van der Waals surface area (Å²) in [7, 11) is 0. The molecule has 0 aliphatic carbocycles. The Kier molecular flexibility index (Phi) is 3.80. The van der Waals surface area contributed by atoms with Gasteiger partial charge in [0.25, 0.3) is 5.91 Å². The van der Waals surface area contributed by atoms with Crippen molar-refractivity contribution < 1.29 is 13.6 Å². The van der Waals surface area contributed by atoms with E-state index in [4.69, 9.17) is 11.6 Å². The van der Waals surface area contributed by atoms with Gasteiger partial charge in [-0.3, -0.25) is 4.79 Å². The average molecular weight is 286 g/mol. The molecule has 0 bridgehead atoms. The zero-order valence-electron chi connectivity index (χ0n) is 9.90. The lowest BCUT2D eigenvalue weighted by Gasteiger charge is -2.07. The minimum Gasteiger partial charge on any atom is -0.320 e. The molecule has 7 heteroatoms. The molecule has 1 N–H and O–H groups in total. The highest BCUT2D eigenvalue weighted by Gasteiger charge is 2.14. The lowest BCUT2D eigenvalue weighted by atomic mass is 10.2. The van der Waals surface area contributed by atoms with Crippen molar-refractivity contribution in [2.45, 2.75) is 13.5 Å². The van der Waals surface area contributed by atoms with E-state index in [0.717, 1.165) is 11.8 Å². The van der Waals surface area contributed by atoms with Crippen molar-refractivity contribution in [2.75, 3.05) is 5.32 Å². The summed E-state index contributed by atoms with van der Waals surface area (Å²) >= 11 is 5.82. The molecule has 0 spiro atoms. The van der Waals surface area contributed by atoms with E-state index in [1.807, 2.05) is 0 Å². The third-order valence-electron chi connectivity index (χ3n) is 2.49. The van der Waals surface area contributed by atoms with Crippen molar-refractivity contribution in [2.24, 2.45) is 0 Å². The van der Waals surface area contributed by atoms with E-state index in [1.165, 1.54) is 6.07 Å². The van der Waals surface area contributed by atoms with Gasteiger partial charge in [-0.05, 0) is 30.7 Å². The van der Waals surface area contributed by atoms with E-state index in [0.29, 0.717) is 15.4 Å². The fraction of sp³-hybridized carbons (Fsp3) is 0.167. The number of nitrogens with zero attached hydrogens (tertiary/aromatic N) is 2. The number of hydrogen-bond acceptors (Lipinski definition) is 2. The van der Waals surface area contributed by atoms with E-state index in [2.05, 4.69) is 10.4 Å². The van der Waals surface area contributed by atoms with Crippen LogP contribution >= 0.6 is 11.6 Å². The molecular weight excluding hydrogens is 276 g/mol. The monoisotopic (exact) mass is 285 g/mol. The van der Waals surface area contributed by atoms with E-state index in [-0.39, 0.29) is 5.69 Å². The number of alkyl halides is 2. The van der Waals surface area contributed by atoms with Gasteiger partial charge in [0.05, 0.1) is 0 Å². The number of benzene rings is 1. The third-order valence-corrected chi connectivity index (χ3v) is 2.72. The molecule has 0 aliphatic heterocycles. The first-order valence-corrected chi connectivity index (χ1v) is 5.76. The van der Waals surface area contributed by atoms with Gasteiger partial charge in [-0.25, -0.2) is 4.68 Å². The molecule has 2 aromatic rings. The van der Waals surface area contributed by atoms with Gasteiger partial charge < -0.3 is 5.32 Å². The van der Waals surface area contributed by atoms with Crippen LogP contribution in [0.25, 0.3) is 0 Å². The zero-order chi connectivity index (χ0) is 14.0. The summed E-state index contributed by atoms with van der Waals surface area (Å²) in [4.78, 5) is 11.8.